The number of benzene rings is 1. The number of carbonyl (C=O) groups is 1. The number of carbonyl (C=O) groups excluding carboxylic acids is 1. The number of Topliss-reactive ketones (excluding diaryl/α,β-unsaturated/α-hetero) is 1. The van der Waals surface area contributed by atoms with Crippen LogP contribution in [0.5, 0.6) is 6.01 Å². The lowest BCUT2D eigenvalue weighted by atomic mass is 10.1. The fourth-order valence-corrected chi connectivity index (χ4v) is 2.03. The van der Waals surface area contributed by atoms with E-state index in [-0.39, 0.29) is 23.9 Å². The number of rotatable bonds is 4. The lowest BCUT2D eigenvalue weighted by molar-refractivity contribution is 0.0966. The van der Waals surface area contributed by atoms with Crippen molar-refractivity contribution in [2.75, 3.05) is 7.11 Å². The first-order valence-electron chi connectivity index (χ1n) is 5.92. The molecule has 104 valence electrons. The molecule has 0 saturated heterocycles. The Hall–Kier alpha value is -1.95. The molecule has 0 fully saturated rings. The lowest BCUT2D eigenvalue weighted by Crippen LogP contribution is -2.26. The Labute approximate surface area is 124 Å². The molecule has 0 radical (unpaired) electrons. The van der Waals surface area contributed by atoms with Crippen LogP contribution in [-0.2, 0) is 6.54 Å². The summed E-state index contributed by atoms with van der Waals surface area (Å²) in [6.45, 7) is 1.60. The fraction of sp³-hybridized carbons (Fsp3) is 0.214. The molecule has 1 aromatic heterocycles. The zero-order valence-electron chi connectivity index (χ0n) is 11.1. The molecule has 0 saturated carbocycles. The third-order valence-electron chi connectivity index (χ3n) is 2.75. The van der Waals surface area contributed by atoms with Gasteiger partial charge in [0.15, 0.2) is 5.78 Å². The molecule has 6 heteroatoms. The van der Waals surface area contributed by atoms with Crippen LogP contribution in [0.2, 0.25) is 0 Å². The number of ether oxygens (including phenoxy) is 1. The number of methoxy groups -OCH3 is 1. The largest absolute Gasteiger partial charge is 0.468 e. The molecule has 0 unspecified atom stereocenters. The maximum absolute atomic E-state index is 12.2. The van der Waals surface area contributed by atoms with Crippen LogP contribution in [0.4, 0.5) is 0 Å². The summed E-state index contributed by atoms with van der Waals surface area (Å²) in [4.78, 5) is 28.2. The summed E-state index contributed by atoms with van der Waals surface area (Å²) < 4.78 is 7.16. The van der Waals surface area contributed by atoms with Gasteiger partial charge >= 0.3 is 0 Å². The number of aryl methyl sites for hydroxylation is 1. The van der Waals surface area contributed by atoms with Crippen molar-refractivity contribution in [3.63, 3.8) is 0 Å². The zero-order chi connectivity index (χ0) is 14.7. The molecule has 0 N–H and O–H groups in total. The van der Waals surface area contributed by atoms with Crippen LogP contribution in [0.3, 0.4) is 0 Å². The van der Waals surface area contributed by atoms with Crippen molar-refractivity contribution < 1.29 is 9.53 Å². The number of halogens is 1. The van der Waals surface area contributed by atoms with Gasteiger partial charge in [-0.25, -0.2) is 4.98 Å². The molecule has 2 aromatic rings. The maximum Gasteiger partial charge on any atom is 0.299 e. The van der Waals surface area contributed by atoms with Crippen molar-refractivity contribution in [3.05, 3.63) is 56.4 Å². The average Bonchev–Trinajstić information content (AvgIpc) is 2.42. The predicted molar refractivity (Wildman–Crippen MR) is 78.3 cm³/mol. The van der Waals surface area contributed by atoms with Gasteiger partial charge in [-0.15, -0.1) is 0 Å². The van der Waals surface area contributed by atoms with E-state index in [9.17, 15) is 9.59 Å². The van der Waals surface area contributed by atoms with Crippen LogP contribution in [0.25, 0.3) is 0 Å². The van der Waals surface area contributed by atoms with Gasteiger partial charge in [0.25, 0.3) is 11.6 Å². The van der Waals surface area contributed by atoms with Gasteiger partial charge in [-0.2, -0.15) is 0 Å². The van der Waals surface area contributed by atoms with Crippen molar-refractivity contribution >= 4 is 21.7 Å². The first-order chi connectivity index (χ1) is 9.51. The van der Waals surface area contributed by atoms with Gasteiger partial charge in [0.2, 0.25) is 0 Å². The molecule has 1 heterocycles. The summed E-state index contributed by atoms with van der Waals surface area (Å²) in [7, 11) is 1.42. The van der Waals surface area contributed by atoms with E-state index >= 15 is 0 Å². The fourth-order valence-electron chi connectivity index (χ4n) is 1.77. The minimum atomic E-state index is -0.306. The normalized spacial score (nSPS) is 10.3. The van der Waals surface area contributed by atoms with E-state index in [2.05, 4.69) is 20.9 Å². The highest BCUT2D eigenvalue weighted by Crippen LogP contribution is 2.12. The van der Waals surface area contributed by atoms with Gasteiger partial charge in [0.1, 0.15) is 0 Å². The van der Waals surface area contributed by atoms with E-state index < -0.39 is 0 Å². The molecular weight excluding hydrogens is 324 g/mol. The van der Waals surface area contributed by atoms with Gasteiger partial charge in [-0.05, 0) is 19.1 Å². The van der Waals surface area contributed by atoms with Crippen LogP contribution in [-0.4, -0.2) is 22.4 Å². The second-order valence-corrected chi connectivity index (χ2v) is 5.15. The molecule has 0 amide bonds. The summed E-state index contributed by atoms with van der Waals surface area (Å²) in [6, 6.07) is 8.47. The van der Waals surface area contributed by atoms with Gasteiger partial charge in [-0.3, -0.25) is 14.2 Å². The molecule has 5 nitrogen and oxygen atoms in total. The van der Waals surface area contributed by atoms with Crippen molar-refractivity contribution in [1.29, 1.82) is 0 Å². The van der Waals surface area contributed by atoms with E-state index in [1.54, 1.807) is 31.2 Å². The topological polar surface area (TPSA) is 61.2 Å². The standard InChI is InChI=1S/C14H13BrN2O3/c1-9-7-13(19)17(14(16-9)20-2)8-12(18)10-3-5-11(15)6-4-10/h3-7H,8H2,1-2H3. The number of ketones is 1. The zero-order valence-corrected chi connectivity index (χ0v) is 12.7. The van der Waals surface area contributed by atoms with Gasteiger partial charge in [0, 0.05) is 21.8 Å². The van der Waals surface area contributed by atoms with Crippen LogP contribution < -0.4 is 10.3 Å². The monoisotopic (exact) mass is 336 g/mol. The smallest absolute Gasteiger partial charge is 0.299 e. The van der Waals surface area contributed by atoms with E-state index in [0.717, 1.165) is 4.47 Å². The van der Waals surface area contributed by atoms with Gasteiger partial charge < -0.3 is 4.74 Å². The summed E-state index contributed by atoms with van der Waals surface area (Å²) in [5.41, 5.74) is 0.779. The van der Waals surface area contributed by atoms with E-state index in [4.69, 9.17) is 4.74 Å². The Morgan fingerprint density at radius 3 is 2.60 bits per heavy atom. The van der Waals surface area contributed by atoms with Crippen molar-refractivity contribution in [1.82, 2.24) is 9.55 Å². The van der Waals surface area contributed by atoms with Crippen molar-refractivity contribution in [2.24, 2.45) is 0 Å². The van der Waals surface area contributed by atoms with E-state index in [1.807, 2.05) is 0 Å². The summed E-state index contributed by atoms with van der Waals surface area (Å²) in [5.74, 6) is -0.177. The van der Waals surface area contributed by atoms with E-state index in [1.165, 1.54) is 17.7 Å². The van der Waals surface area contributed by atoms with Crippen LogP contribution in [0.1, 0.15) is 16.1 Å². The molecule has 0 aliphatic rings. The second kappa shape index (κ2) is 6.00. The highest BCUT2D eigenvalue weighted by atomic mass is 79.9. The van der Waals surface area contributed by atoms with Crippen LogP contribution in [0, 0.1) is 6.92 Å². The molecule has 0 bridgehead atoms. The van der Waals surface area contributed by atoms with E-state index in [0.29, 0.717) is 11.3 Å². The van der Waals surface area contributed by atoms with Crippen molar-refractivity contribution in [3.8, 4) is 6.01 Å². The molecular formula is C14H13BrN2O3. The summed E-state index contributed by atoms with van der Waals surface area (Å²) >= 11 is 3.31. The molecule has 2 rings (SSSR count). The average molecular weight is 337 g/mol. The SMILES string of the molecule is COc1nc(C)cc(=O)n1CC(=O)c1ccc(Br)cc1. The molecule has 0 aliphatic carbocycles. The van der Waals surface area contributed by atoms with Gasteiger partial charge in [-0.1, -0.05) is 28.1 Å². The Balaban J connectivity index is 2.32. The highest BCUT2D eigenvalue weighted by Gasteiger charge is 2.13. The molecule has 1 aromatic carbocycles. The quantitative estimate of drug-likeness (QED) is 0.803. The first-order valence-corrected chi connectivity index (χ1v) is 6.72. The lowest BCUT2D eigenvalue weighted by Gasteiger charge is -2.10. The predicted octanol–water partition coefficient (Wildman–Crippen LogP) is 2.21. The number of aromatic nitrogens is 2. The Morgan fingerprint density at radius 1 is 1.35 bits per heavy atom. The maximum atomic E-state index is 12.2. The second-order valence-electron chi connectivity index (χ2n) is 4.24. The van der Waals surface area contributed by atoms with Crippen LogP contribution >= 0.6 is 15.9 Å². The van der Waals surface area contributed by atoms with Gasteiger partial charge in [0.05, 0.1) is 13.7 Å². The first kappa shape index (κ1) is 14.5. The minimum Gasteiger partial charge on any atom is -0.468 e. The highest BCUT2D eigenvalue weighted by molar-refractivity contribution is 9.10. The summed E-state index contributed by atoms with van der Waals surface area (Å²) in [5, 5.41) is 0. The van der Waals surface area contributed by atoms with Crippen molar-refractivity contribution in [2.45, 2.75) is 13.5 Å². The third kappa shape index (κ3) is 3.14. The molecule has 0 spiro atoms. The van der Waals surface area contributed by atoms with Crippen LogP contribution in [0.15, 0.2) is 39.6 Å². The Kier molecular flexibility index (Phi) is 4.34. The molecule has 0 atom stereocenters. The number of hydrogen-bond acceptors (Lipinski definition) is 4. The Bertz CT molecular complexity index is 693. The minimum absolute atomic E-state index is 0.100. The molecule has 20 heavy (non-hydrogen) atoms. The number of nitrogens with zero attached hydrogens (tertiary/aromatic N) is 2. The third-order valence-corrected chi connectivity index (χ3v) is 3.28. The summed E-state index contributed by atoms with van der Waals surface area (Å²) in [6.07, 6.45) is 0. The Morgan fingerprint density at radius 2 is 2.00 bits per heavy atom. The number of hydrogen-bond donors (Lipinski definition) is 0. The molecule has 0 aliphatic heterocycles.